The third-order valence-corrected chi connectivity index (χ3v) is 4.15. The minimum Gasteiger partial charge on any atom is -0.200 e. The number of alkyl halides is 3. The summed E-state index contributed by atoms with van der Waals surface area (Å²) in [6.45, 7) is 1.76. The minimum atomic E-state index is -4.79. The van der Waals surface area contributed by atoms with Crippen molar-refractivity contribution in [3.05, 3.63) is 65.7 Å². The van der Waals surface area contributed by atoms with E-state index >= 15 is 0 Å². The maximum atomic E-state index is 13.1. The quantitative estimate of drug-likeness (QED) is 0.685. The Hall–Kier alpha value is -2.35. The number of aryl methyl sites for hydroxylation is 1. The van der Waals surface area contributed by atoms with E-state index in [1.54, 1.807) is 30.0 Å². The lowest BCUT2D eigenvalue weighted by Crippen LogP contribution is -2.29. The normalized spacial score (nSPS) is 13.0. The predicted octanol–water partition coefficient (Wildman–Crippen LogP) is 3.24. The van der Waals surface area contributed by atoms with Crippen LogP contribution in [0.25, 0.3) is 0 Å². The highest BCUT2D eigenvalue weighted by Crippen LogP contribution is 2.22. The molecular weight excluding hydrogens is 329 g/mol. The molecule has 0 atom stereocenters. The Morgan fingerprint density at radius 3 is 2.09 bits per heavy atom. The van der Waals surface area contributed by atoms with E-state index in [0.717, 1.165) is 5.56 Å². The average molecular weight is 342 g/mol. The van der Waals surface area contributed by atoms with Gasteiger partial charge in [-0.2, -0.15) is 31.5 Å². The van der Waals surface area contributed by atoms with Gasteiger partial charge < -0.3 is 0 Å². The number of rotatable bonds is 4. The monoisotopic (exact) mass is 342 g/mol. The Bertz CT molecular complexity index is 799. The van der Waals surface area contributed by atoms with E-state index in [0.29, 0.717) is 0 Å². The van der Waals surface area contributed by atoms with Crippen molar-refractivity contribution in [3.63, 3.8) is 0 Å². The van der Waals surface area contributed by atoms with Gasteiger partial charge in [-0.3, -0.25) is 0 Å². The van der Waals surface area contributed by atoms with E-state index < -0.39 is 21.9 Å². The van der Waals surface area contributed by atoms with Gasteiger partial charge in [0.15, 0.2) is 5.71 Å². The minimum absolute atomic E-state index is 0.165. The Morgan fingerprint density at radius 2 is 1.57 bits per heavy atom. The Balaban J connectivity index is 2.36. The largest absolute Gasteiger partial charge is 0.435 e. The molecule has 0 aliphatic rings. The molecule has 2 aromatic carbocycles. The van der Waals surface area contributed by atoms with Gasteiger partial charge >= 0.3 is 6.18 Å². The molecule has 23 heavy (non-hydrogen) atoms. The summed E-state index contributed by atoms with van der Waals surface area (Å²) in [7, 11) is -4.18. The van der Waals surface area contributed by atoms with Gasteiger partial charge in [-0.05, 0) is 19.1 Å². The van der Waals surface area contributed by atoms with Crippen molar-refractivity contribution in [2.75, 3.05) is 0 Å². The first kappa shape index (κ1) is 17.0. The van der Waals surface area contributed by atoms with Crippen LogP contribution in [0.1, 0.15) is 11.1 Å². The molecule has 122 valence electrons. The molecule has 0 aromatic heterocycles. The van der Waals surface area contributed by atoms with Gasteiger partial charge in [0, 0.05) is 5.56 Å². The van der Waals surface area contributed by atoms with Crippen LogP contribution in [0.2, 0.25) is 0 Å². The molecule has 2 rings (SSSR count). The summed E-state index contributed by atoms with van der Waals surface area (Å²) in [5.74, 6) is 0. The number of sulfonamides is 1. The molecule has 0 aliphatic heterocycles. The van der Waals surface area contributed by atoms with E-state index in [2.05, 4.69) is 5.10 Å². The van der Waals surface area contributed by atoms with E-state index in [9.17, 15) is 21.6 Å². The van der Waals surface area contributed by atoms with Crippen LogP contribution in [0.5, 0.6) is 0 Å². The molecule has 0 saturated carbocycles. The number of hydrogen-bond acceptors (Lipinski definition) is 3. The van der Waals surface area contributed by atoms with Crippen LogP contribution in [-0.2, 0) is 10.0 Å². The van der Waals surface area contributed by atoms with Gasteiger partial charge in [0.2, 0.25) is 0 Å². The Labute approximate surface area is 131 Å². The fraction of sp³-hybridized carbons (Fsp3) is 0.133. The van der Waals surface area contributed by atoms with Crippen molar-refractivity contribution in [3.8, 4) is 0 Å². The number of hydrazone groups is 1. The maximum absolute atomic E-state index is 13.1. The van der Waals surface area contributed by atoms with Crippen molar-refractivity contribution in [1.82, 2.24) is 4.83 Å². The summed E-state index contributed by atoms with van der Waals surface area (Å²) in [6.07, 6.45) is -4.79. The van der Waals surface area contributed by atoms with Gasteiger partial charge in [0.05, 0.1) is 4.90 Å². The maximum Gasteiger partial charge on any atom is 0.435 e. The van der Waals surface area contributed by atoms with Crippen LogP contribution in [0, 0.1) is 6.92 Å². The molecular formula is C15H13F3N2O2S. The highest BCUT2D eigenvalue weighted by atomic mass is 32.2. The predicted molar refractivity (Wildman–Crippen MR) is 80.5 cm³/mol. The van der Waals surface area contributed by atoms with Crippen molar-refractivity contribution in [1.29, 1.82) is 0 Å². The molecule has 0 spiro atoms. The van der Waals surface area contributed by atoms with Gasteiger partial charge in [-0.15, -0.1) is 0 Å². The number of hydrogen-bond donors (Lipinski definition) is 1. The molecule has 0 heterocycles. The summed E-state index contributed by atoms with van der Waals surface area (Å²) in [5.41, 5.74) is -0.715. The van der Waals surface area contributed by atoms with E-state index in [1.165, 1.54) is 36.4 Å². The number of nitrogens with zero attached hydrogens (tertiary/aromatic N) is 1. The Kier molecular flexibility index (Phi) is 4.74. The van der Waals surface area contributed by atoms with Gasteiger partial charge in [0.1, 0.15) is 0 Å². The van der Waals surface area contributed by atoms with Crippen LogP contribution in [0.15, 0.2) is 64.6 Å². The van der Waals surface area contributed by atoms with Crippen molar-refractivity contribution in [2.45, 2.75) is 18.0 Å². The zero-order valence-electron chi connectivity index (χ0n) is 12.0. The first-order valence-corrected chi connectivity index (χ1v) is 7.97. The summed E-state index contributed by atoms with van der Waals surface area (Å²) >= 11 is 0. The summed E-state index contributed by atoms with van der Waals surface area (Å²) < 4.78 is 63.3. The van der Waals surface area contributed by atoms with Gasteiger partial charge in [-0.1, -0.05) is 48.0 Å². The third-order valence-electron chi connectivity index (χ3n) is 2.92. The van der Waals surface area contributed by atoms with Crippen LogP contribution in [0.3, 0.4) is 0 Å². The molecule has 0 bridgehead atoms. The van der Waals surface area contributed by atoms with Gasteiger partial charge in [-0.25, -0.2) is 0 Å². The molecule has 2 aromatic rings. The average Bonchev–Trinajstić information content (AvgIpc) is 2.47. The summed E-state index contributed by atoms with van der Waals surface area (Å²) in [4.78, 5) is 1.47. The second-order valence-corrected chi connectivity index (χ2v) is 6.39. The second kappa shape index (κ2) is 6.41. The van der Waals surface area contributed by atoms with Crippen molar-refractivity contribution in [2.24, 2.45) is 5.10 Å². The van der Waals surface area contributed by atoms with Crippen LogP contribution in [-0.4, -0.2) is 20.3 Å². The fourth-order valence-corrected chi connectivity index (χ4v) is 2.57. The molecule has 0 radical (unpaired) electrons. The van der Waals surface area contributed by atoms with E-state index in [-0.39, 0.29) is 10.5 Å². The SMILES string of the molecule is Cc1ccc(S(=O)(=O)N/N=C(\c2ccccc2)C(F)(F)F)cc1. The van der Waals surface area contributed by atoms with Crippen LogP contribution >= 0.6 is 0 Å². The van der Waals surface area contributed by atoms with Gasteiger partial charge in [0.25, 0.3) is 10.0 Å². The molecule has 4 nitrogen and oxygen atoms in total. The second-order valence-electron chi connectivity index (χ2n) is 4.73. The number of nitrogens with one attached hydrogen (secondary N) is 1. The lowest BCUT2D eigenvalue weighted by atomic mass is 10.1. The first-order valence-electron chi connectivity index (χ1n) is 6.49. The van der Waals surface area contributed by atoms with Crippen LogP contribution < -0.4 is 4.83 Å². The van der Waals surface area contributed by atoms with Crippen LogP contribution in [0.4, 0.5) is 13.2 Å². The molecule has 1 N–H and O–H groups in total. The zero-order valence-corrected chi connectivity index (χ0v) is 12.8. The topological polar surface area (TPSA) is 58.5 Å². The lowest BCUT2D eigenvalue weighted by Gasteiger charge is -2.11. The molecule has 0 saturated heterocycles. The summed E-state index contributed by atoms with van der Waals surface area (Å²) in [6, 6.07) is 12.4. The lowest BCUT2D eigenvalue weighted by molar-refractivity contribution is -0.0583. The standard InChI is InChI=1S/C15H13F3N2O2S/c1-11-7-9-13(10-8-11)23(21,22)20-19-14(15(16,17)18)12-5-3-2-4-6-12/h2-10,20H,1H3/b19-14+. The molecule has 0 amide bonds. The highest BCUT2D eigenvalue weighted by molar-refractivity contribution is 7.89. The molecule has 0 unspecified atom stereocenters. The molecule has 0 aliphatic carbocycles. The molecule has 0 fully saturated rings. The third kappa shape index (κ3) is 4.32. The van der Waals surface area contributed by atoms with Crippen molar-refractivity contribution >= 4 is 15.7 Å². The first-order chi connectivity index (χ1) is 10.7. The fourth-order valence-electron chi connectivity index (χ4n) is 1.76. The zero-order chi connectivity index (χ0) is 17.1. The highest BCUT2D eigenvalue weighted by Gasteiger charge is 2.37. The number of halogens is 3. The number of benzene rings is 2. The summed E-state index contributed by atoms with van der Waals surface area (Å²) in [5, 5.41) is 3.09. The Morgan fingerprint density at radius 1 is 1.00 bits per heavy atom. The van der Waals surface area contributed by atoms with E-state index in [4.69, 9.17) is 0 Å². The molecule has 8 heteroatoms. The van der Waals surface area contributed by atoms with Crippen molar-refractivity contribution < 1.29 is 21.6 Å². The smallest absolute Gasteiger partial charge is 0.200 e. The van der Waals surface area contributed by atoms with E-state index in [1.807, 2.05) is 0 Å².